The summed E-state index contributed by atoms with van der Waals surface area (Å²) in [4.78, 5) is 22.8. The van der Waals surface area contributed by atoms with Crippen LogP contribution in [0.25, 0.3) is 0 Å². The van der Waals surface area contributed by atoms with Crippen LogP contribution >= 0.6 is 0 Å². The van der Waals surface area contributed by atoms with Gasteiger partial charge in [-0.3, -0.25) is 4.79 Å². The fourth-order valence-corrected chi connectivity index (χ4v) is 1.80. The molecular formula is C11H19NO3. The zero-order valence-corrected chi connectivity index (χ0v) is 9.54. The van der Waals surface area contributed by atoms with Gasteiger partial charge in [0, 0.05) is 5.92 Å². The SMILES string of the molecule is CCC(CC)(NC(=O)C1CC1C)C(=O)O. The van der Waals surface area contributed by atoms with Crippen LogP contribution in [0.5, 0.6) is 0 Å². The maximum absolute atomic E-state index is 11.7. The second-order valence-electron chi connectivity index (χ2n) is 4.40. The average Bonchev–Trinajstić information content (AvgIpc) is 2.91. The lowest BCUT2D eigenvalue weighted by atomic mass is 9.92. The molecule has 2 unspecified atom stereocenters. The van der Waals surface area contributed by atoms with Crippen LogP contribution in [-0.2, 0) is 9.59 Å². The van der Waals surface area contributed by atoms with Crippen LogP contribution in [0.3, 0.4) is 0 Å². The van der Waals surface area contributed by atoms with E-state index in [-0.39, 0.29) is 11.8 Å². The second kappa shape index (κ2) is 4.21. The maximum Gasteiger partial charge on any atom is 0.329 e. The van der Waals surface area contributed by atoms with Gasteiger partial charge in [-0.05, 0) is 25.2 Å². The molecule has 0 saturated heterocycles. The lowest BCUT2D eigenvalue weighted by molar-refractivity contribution is -0.148. The van der Waals surface area contributed by atoms with Crippen molar-refractivity contribution in [2.45, 2.75) is 45.6 Å². The molecule has 4 heteroatoms. The fourth-order valence-electron chi connectivity index (χ4n) is 1.80. The molecule has 1 amide bonds. The summed E-state index contributed by atoms with van der Waals surface area (Å²) in [7, 11) is 0. The molecule has 1 aliphatic carbocycles. The number of carbonyl (C=O) groups excluding carboxylic acids is 1. The minimum absolute atomic E-state index is 0.0295. The molecule has 0 heterocycles. The summed E-state index contributed by atoms with van der Waals surface area (Å²) < 4.78 is 0. The van der Waals surface area contributed by atoms with E-state index in [0.29, 0.717) is 18.8 Å². The van der Waals surface area contributed by atoms with Crippen molar-refractivity contribution in [3.05, 3.63) is 0 Å². The molecule has 1 rings (SSSR count). The number of carboxylic acid groups (broad SMARTS) is 1. The maximum atomic E-state index is 11.7. The Morgan fingerprint density at radius 1 is 1.40 bits per heavy atom. The van der Waals surface area contributed by atoms with Crippen molar-refractivity contribution in [1.82, 2.24) is 5.32 Å². The molecule has 15 heavy (non-hydrogen) atoms. The van der Waals surface area contributed by atoms with Gasteiger partial charge in [-0.25, -0.2) is 4.79 Å². The Morgan fingerprint density at radius 2 is 1.87 bits per heavy atom. The molecule has 1 aliphatic rings. The van der Waals surface area contributed by atoms with E-state index in [0.717, 1.165) is 6.42 Å². The lowest BCUT2D eigenvalue weighted by Gasteiger charge is -2.28. The minimum Gasteiger partial charge on any atom is -0.480 e. The van der Waals surface area contributed by atoms with Gasteiger partial charge < -0.3 is 10.4 Å². The van der Waals surface area contributed by atoms with Gasteiger partial charge in [-0.1, -0.05) is 20.8 Å². The molecule has 0 bridgehead atoms. The molecule has 2 N–H and O–H groups in total. The second-order valence-corrected chi connectivity index (χ2v) is 4.40. The van der Waals surface area contributed by atoms with Crippen molar-refractivity contribution in [2.24, 2.45) is 11.8 Å². The number of hydrogen-bond acceptors (Lipinski definition) is 2. The first-order valence-electron chi connectivity index (χ1n) is 5.52. The molecule has 0 radical (unpaired) electrons. The molecular weight excluding hydrogens is 194 g/mol. The first-order chi connectivity index (χ1) is 6.96. The Morgan fingerprint density at radius 3 is 2.13 bits per heavy atom. The van der Waals surface area contributed by atoms with Gasteiger partial charge >= 0.3 is 5.97 Å². The third kappa shape index (κ3) is 2.30. The molecule has 0 aromatic heterocycles. The van der Waals surface area contributed by atoms with Crippen molar-refractivity contribution in [3.8, 4) is 0 Å². The van der Waals surface area contributed by atoms with Crippen LogP contribution in [0, 0.1) is 11.8 Å². The predicted molar refractivity (Wildman–Crippen MR) is 56.4 cm³/mol. The summed E-state index contributed by atoms with van der Waals surface area (Å²) in [5.74, 6) is -0.602. The summed E-state index contributed by atoms with van der Waals surface area (Å²) >= 11 is 0. The van der Waals surface area contributed by atoms with Gasteiger partial charge in [0.15, 0.2) is 0 Å². The molecule has 1 saturated carbocycles. The fraction of sp³-hybridized carbons (Fsp3) is 0.818. The topological polar surface area (TPSA) is 66.4 Å². The molecule has 2 atom stereocenters. The molecule has 0 aromatic carbocycles. The van der Waals surface area contributed by atoms with Crippen LogP contribution in [0.1, 0.15) is 40.0 Å². The summed E-state index contributed by atoms with van der Waals surface area (Å²) in [5.41, 5.74) is -1.07. The summed E-state index contributed by atoms with van der Waals surface area (Å²) in [6, 6.07) is 0. The normalized spacial score (nSPS) is 24.7. The van der Waals surface area contributed by atoms with Gasteiger partial charge in [0.1, 0.15) is 5.54 Å². The van der Waals surface area contributed by atoms with Crippen molar-refractivity contribution >= 4 is 11.9 Å². The van der Waals surface area contributed by atoms with E-state index < -0.39 is 11.5 Å². The van der Waals surface area contributed by atoms with Crippen LogP contribution in [-0.4, -0.2) is 22.5 Å². The highest BCUT2D eigenvalue weighted by atomic mass is 16.4. The predicted octanol–water partition coefficient (Wildman–Crippen LogP) is 1.40. The lowest BCUT2D eigenvalue weighted by Crippen LogP contribution is -2.54. The van der Waals surface area contributed by atoms with E-state index in [2.05, 4.69) is 5.32 Å². The van der Waals surface area contributed by atoms with Gasteiger partial charge in [-0.2, -0.15) is 0 Å². The van der Waals surface area contributed by atoms with Crippen molar-refractivity contribution in [2.75, 3.05) is 0 Å². The Labute approximate surface area is 90.0 Å². The summed E-state index contributed by atoms with van der Waals surface area (Å²) in [6.45, 7) is 5.58. The smallest absolute Gasteiger partial charge is 0.329 e. The number of amides is 1. The number of carbonyl (C=O) groups is 2. The highest BCUT2D eigenvalue weighted by molar-refractivity contribution is 5.89. The third-order valence-corrected chi connectivity index (χ3v) is 3.43. The molecule has 1 fully saturated rings. The van der Waals surface area contributed by atoms with Crippen molar-refractivity contribution in [1.29, 1.82) is 0 Å². The average molecular weight is 213 g/mol. The van der Waals surface area contributed by atoms with E-state index in [4.69, 9.17) is 5.11 Å². The first kappa shape index (κ1) is 12.0. The van der Waals surface area contributed by atoms with Gasteiger partial charge in [0.25, 0.3) is 0 Å². The largest absolute Gasteiger partial charge is 0.480 e. The van der Waals surface area contributed by atoms with Gasteiger partial charge in [0.05, 0.1) is 0 Å². The summed E-state index contributed by atoms with van der Waals surface area (Å²) in [6.07, 6.45) is 1.73. The van der Waals surface area contributed by atoms with Crippen LogP contribution in [0.2, 0.25) is 0 Å². The molecule has 4 nitrogen and oxygen atoms in total. The number of nitrogens with one attached hydrogen (secondary N) is 1. The van der Waals surface area contributed by atoms with E-state index >= 15 is 0 Å². The first-order valence-corrected chi connectivity index (χ1v) is 5.52. The standard InChI is InChI=1S/C11H19NO3/c1-4-11(5-2,10(14)15)12-9(13)8-6-7(8)3/h7-8H,4-6H2,1-3H3,(H,12,13)(H,14,15). The van der Waals surface area contributed by atoms with Gasteiger partial charge in [-0.15, -0.1) is 0 Å². The number of hydrogen-bond donors (Lipinski definition) is 2. The Balaban J connectivity index is 2.66. The van der Waals surface area contributed by atoms with E-state index in [1.807, 2.05) is 6.92 Å². The summed E-state index contributed by atoms with van der Waals surface area (Å²) in [5, 5.41) is 11.8. The van der Waals surface area contributed by atoms with E-state index in [1.165, 1.54) is 0 Å². The molecule has 0 spiro atoms. The molecule has 0 aromatic rings. The van der Waals surface area contributed by atoms with Gasteiger partial charge in [0.2, 0.25) is 5.91 Å². The van der Waals surface area contributed by atoms with Crippen LogP contribution < -0.4 is 5.32 Å². The highest BCUT2D eigenvalue weighted by Crippen LogP contribution is 2.38. The van der Waals surface area contributed by atoms with Crippen molar-refractivity contribution < 1.29 is 14.7 Å². The zero-order chi connectivity index (χ0) is 11.6. The Hall–Kier alpha value is -1.06. The molecule has 0 aliphatic heterocycles. The highest BCUT2D eigenvalue weighted by Gasteiger charge is 2.44. The monoisotopic (exact) mass is 213 g/mol. The number of rotatable bonds is 5. The molecule has 86 valence electrons. The van der Waals surface area contributed by atoms with Crippen LogP contribution in [0.4, 0.5) is 0 Å². The Kier molecular flexibility index (Phi) is 3.37. The number of carboxylic acids is 1. The minimum atomic E-state index is -1.07. The van der Waals surface area contributed by atoms with Crippen molar-refractivity contribution in [3.63, 3.8) is 0 Å². The van der Waals surface area contributed by atoms with Crippen LogP contribution in [0.15, 0.2) is 0 Å². The third-order valence-electron chi connectivity index (χ3n) is 3.43. The van der Waals surface area contributed by atoms with E-state index in [9.17, 15) is 9.59 Å². The Bertz CT molecular complexity index is 271. The van der Waals surface area contributed by atoms with E-state index in [1.54, 1.807) is 13.8 Å². The number of aliphatic carboxylic acids is 1. The zero-order valence-electron chi connectivity index (χ0n) is 9.54. The quantitative estimate of drug-likeness (QED) is 0.725.